The van der Waals surface area contributed by atoms with Crippen molar-refractivity contribution in [1.82, 2.24) is 9.97 Å². The summed E-state index contributed by atoms with van der Waals surface area (Å²) in [5.41, 5.74) is 11.8. The summed E-state index contributed by atoms with van der Waals surface area (Å²) in [6.45, 7) is 4.03. The van der Waals surface area contributed by atoms with Crippen molar-refractivity contribution in [1.29, 1.82) is 0 Å². The molecule has 0 bridgehead atoms. The molecule has 136 valence electrons. The normalized spacial score (nSPS) is 10.6. The highest BCUT2D eigenvalue weighted by atomic mass is 16.1. The highest BCUT2D eigenvalue weighted by Crippen LogP contribution is 2.28. The van der Waals surface area contributed by atoms with Gasteiger partial charge in [-0.2, -0.15) is 0 Å². The number of nitrogens with two attached hydrogens (primary N) is 1. The molecule has 4 aromatic rings. The van der Waals surface area contributed by atoms with Crippen molar-refractivity contribution >= 4 is 11.4 Å². The molecule has 4 nitrogen and oxygen atoms in total. The van der Waals surface area contributed by atoms with Crippen molar-refractivity contribution in [3.05, 3.63) is 113 Å². The van der Waals surface area contributed by atoms with E-state index in [4.69, 9.17) is 5.73 Å². The van der Waals surface area contributed by atoms with Crippen LogP contribution in [0.1, 0.15) is 11.1 Å². The fraction of sp³-hybridized carbons (Fsp3) is 0. The smallest absolute Gasteiger partial charge is 0.260 e. The van der Waals surface area contributed by atoms with E-state index in [0.717, 1.165) is 16.7 Å². The first-order valence-electron chi connectivity index (χ1n) is 8.92. The van der Waals surface area contributed by atoms with Crippen LogP contribution in [0, 0.1) is 0 Å². The first kappa shape index (κ1) is 17.5. The van der Waals surface area contributed by atoms with E-state index in [9.17, 15) is 4.79 Å². The van der Waals surface area contributed by atoms with E-state index in [1.807, 2.05) is 42.5 Å². The number of anilines is 1. The number of H-pyrrole nitrogens is 1. The summed E-state index contributed by atoms with van der Waals surface area (Å²) in [6, 6.07) is 26.6. The van der Waals surface area contributed by atoms with Crippen molar-refractivity contribution in [3.63, 3.8) is 0 Å². The Morgan fingerprint density at radius 2 is 1.43 bits per heavy atom. The summed E-state index contributed by atoms with van der Waals surface area (Å²) < 4.78 is 0. The monoisotopic (exact) mass is 365 g/mol. The van der Waals surface area contributed by atoms with Crippen LogP contribution < -0.4 is 11.3 Å². The lowest BCUT2D eigenvalue weighted by molar-refractivity contribution is 1.11. The topological polar surface area (TPSA) is 71.8 Å². The van der Waals surface area contributed by atoms with Crippen LogP contribution in [0.3, 0.4) is 0 Å². The average molecular weight is 365 g/mol. The van der Waals surface area contributed by atoms with Crippen LogP contribution in [-0.4, -0.2) is 9.97 Å². The molecule has 4 heteroatoms. The molecular weight excluding hydrogens is 346 g/mol. The predicted molar refractivity (Wildman–Crippen MR) is 115 cm³/mol. The van der Waals surface area contributed by atoms with Gasteiger partial charge in [0.15, 0.2) is 0 Å². The summed E-state index contributed by atoms with van der Waals surface area (Å²) in [4.78, 5) is 18.6. The van der Waals surface area contributed by atoms with Crippen molar-refractivity contribution in [2.45, 2.75) is 0 Å². The average Bonchev–Trinajstić information content (AvgIpc) is 2.74. The minimum atomic E-state index is -0.294. The van der Waals surface area contributed by atoms with Crippen LogP contribution in [-0.2, 0) is 0 Å². The Bertz CT molecular complexity index is 1190. The Hall–Kier alpha value is -3.92. The first-order valence-corrected chi connectivity index (χ1v) is 8.92. The third-order valence-corrected chi connectivity index (χ3v) is 4.72. The Morgan fingerprint density at radius 3 is 2.07 bits per heavy atom. The van der Waals surface area contributed by atoms with E-state index in [1.165, 1.54) is 17.5 Å². The van der Waals surface area contributed by atoms with E-state index >= 15 is 0 Å². The molecule has 0 fully saturated rings. The molecule has 3 N–H and O–H groups in total. The third kappa shape index (κ3) is 3.35. The molecule has 1 aromatic heterocycles. The Kier molecular flexibility index (Phi) is 4.60. The van der Waals surface area contributed by atoms with Gasteiger partial charge in [0.2, 0.25) is 0 Å². The van der Waals surface area contributed by atoms with Gasteiger partial charge >= 0.3 is 0 Å². The van der Waals surface area contributed by atoms with E-state index in [-0.39, 0.29) is 11.4 Å². The summed E-state index contributed by atoms with van der Waals surface area (Å²) in [5, 5.41) is 0. The molecule has 0 radical (unpaired) electrons. The highest BCUT2D eigenvalue weighted by molar-refractivity contribution is 5.83. The number of nitrogens with one attached hydrogen (secondary N) is 1. The number of nitrogen functional groups attached to an aromatic ring is 1. The molecular formula is C24H19N3O. The number of benzene rings is 3. The molecule has 1 heterocycles. The van der Waals surface area contributed by atoms with E-state index in [2.05, 4.69) is 52.9 Å². The first-order chi connectivity index (χ1) is 13.6. The summed E-state index contributed by atoms with van der Waals surface area (Å²) in [5.74, 6) is 0.174. The fourth-order valence-corrected chi connectivity index (χ4v) is 3.22. The zero-order valence-electron chi connectivity index (χ0n) is 15.2. The number of aromatic amines is 1. The molecule has 0 unspecified atom stereocenters. The lowest BCUT2D eigenvalue weighted by atomic mass is 9.96. The van der Waals surface area contributed by atoms with Gasteiger partial charge in [0, 0.05) is 0 Å². The highest BCUT2D eigenvalue weighted by Gasteiger charge is 2.12. The molecule has 0 saturated carbocycles. The fourth-order valence-electron chi connectivity index (χ4n) is 3.22. The maximum atomic E-state index is 12.1. The van der Waals surface area contributed by atoms with E-state index in [1.54, 1.807) is 0 Å². The molecule has 4 rings (SSSR count). The Balaban J connectivity index is 1.66. The van der Waals surface area contributed by atoms with Gasteiger partial charge in [-0.25, -0.2) is 4.98 Å². The van der Waals surface area contributed by atoms with Crippen LogP contribution in [0.2, 0.25) is 0 Å². The standard InChI is InChI=1S/C24H19N3O/c1-16(22-23(25)26-15-27-24(22)28)17-10-12-19(13-11-17)21-9-5-8-20(14-21)18-6-3-2-4-7-18/h2-15H,1H2,(H3,25,26,27,28). The van der Waals surface area contributed by atoms with Gasteiger partial charge in [-0.05, 0) is 39.5 Å². The Labute approximate surface area is 163 Å². The van der Waals surface area contributed by atoms with Crippen LogP contribution in [0.15, 0.2) is 96.6 Å². The minimum Gasteiger partial charge on any atom is -0.383 e. The number of rotatable bonds is 4. The van der Waals surface area contributed by atoms with Crippen LogP contribution in [0.4, 0.5) is 5.82 Å². The third-order valence-electron chi connectivity index (χ3n) is 4.72. The predicted octanol–water partition coefficient (Wildman–Crippen LogP) is 4.75. The molecule has 3 aromatic carbocycles. The number of hydrogen-bond donors (Lipinski definition) is 2. The van der Waals surface area contributed by atoms with Crippen molar-refractivity contribution in [2.24, 2.45) is 0 Å². The van der Waals surface area contributed by atoms with Crippen LogP contribution in [0.5, 0.6) is 0 Å². The van der Waals surface area contributed by atoms with E-state index in [0.29, 0.717) is 11.1 Å². The maximum Gasteiger partial charge on any atom is 0.260 e. The molecule has 28 heavy (non-hydrogen) atoms. The molecule has 0 amide bonds. The molecule has 0 atom stereocenters. The van der Waals surface area contributed by atoms with Crippen LogP contribution >= 0.6 is 0 Å². The number of hydrogen-bond acceptors (Lipinski definition) is 3. The second kappa shape index (κ2) is 7.37. The molecule has 0 aliphatic heterocycles. The molecule has 0 spiro atoms. The van der Waals surface area contributed by atoms with Gasteiger partial charge in [0.05, 0.1) is 11.9 Å². The van der Waals surface area contributed by atoms with Crippen molar-refractivity contribution in [3.8, 4) is 22.3 Å². The van der Waals surface area contributed by atoms with E-state index < -0.39 is 0 Å². The zero-order chi connectivity index (χ0) is 19.5. The second-order valence-electron chi connectivity index (χ2n) is 6.49. The van der Waals surface area contributed by atoms with Gasteiger partial charge in [-0.3, -0.25) is 4.79 Å². The number of nitrogens with zero attached hydrogens (tertiary/aromatic N) is 1. The lowest BCUT2D eigenvalue weighted by Gasteiger charge is -2.10. The summed E-state index contributed by atoms with van der Waals surface area (Å²) in [6.07, 6.45) is 1.29. The van der Waals surface area contributed by atoms with Gasteiger partial charge in [-0.1, -0.05) is 79.4 Å². The largest absolute Gasteiger partial charge is 0.383 e. The summed E-state index contributed by atoms with van der Waals surface area (Å²) in [7, 11) is 0. The maximum absolute atomic E-state index is 12.1. The molecule has 0 aliphatic carbocycles. The molecule has 0 saturated heterocycles. The SMILES string of the molecule is C=C(c1ccc(-c2cccc(-c3ccccc3)c2)cc1)c1c(N)nc[nH]c1=O. The summed E-state index contributed by atoms with van der Waals surface area (Å²) >= 11 is 0. The lowest BCUT2D eigenvalue weighted by Crippen LogP contribution is -2.15. The minimum absolute atomic E-state index is 0.174. The van der Waals surface area contributed by atoms with Gasteiger partial charge in [-0.15, -0.1) is 0 Å². The van der Waals surface area contributed by atoms with Crippen molar-refractivity contribution < 1.29 is 0 Å². The van der Waals surface area contributed by atoms with Crippen molar-refractivity contribution in [2.75, 3.05) is 5.73 Å². The second-order valence-corrected chi connectivity index (χ2v) is 6.49. The van der Waals surface area contributed by atoms with Gasteiger partial charge in [0.1, 0.15) is 5.82 Å². The van der Waals surface area contributed by atoms with Gasteiger partial charge in [0.25, 0.3) is 5.56 Å². The Morgan fingerprint density at radius 1 is 0.821 bits per heavy atom. The zero-order valence-corrected chi connectivity index (χ0v) is 15.2. The van der Waals surface area contributed by atoms with Gasteiger partial charge < -0.3 is 10.7 Å². The number of aromatic nitrogens is 2. The quantitative estimate of drug-likeness (QED) is 0.548. The van der Waals surface area contributed by atoms with Crippen LogP contribution in [0.25, 0.3) is 27.8 Å². The molecule has 0 aliphatic rings.